The lowest BCUT2D eigenvalue weighted by Gasteiger charge is -2.16. The molecular weight excluding hydrogens is 294 g/mol. The molecule has 1 atom stereocenters. The summed E-state index contributed by atoms with van der Waals surface area (Å²) in [5.74, 6) is 6.90. The summed E-state index contributed by atoms with van der Waals surface area (Å²) in [4.78, 5) is 14.5. The van der Waals surface area contributed by atoms with Gasteiger partial charge in [0.25, 0.3) is 0 Å². The zero-order valence-corrected chi connectivity index (χ0v) is 13.9. The monoisotopic (exact) mass is 317 g/mol. The minimum atomic E-state index is 0.187. The number of nitrogens with zero attached hydrogens (tertiary/aromatic N) is 1. The molecule has 2 nitrogen and oxygen atoms in total. The second kappa shape index (κ2) is 8.36. The number of benzene rings is 2. The van der Waals surface area contributed by atoms with Crippen molar-refractivity contribution in [3.63, 3.8) is 0 Å². The second-order valence-corrected chi connectivity index (χ2v) is 6.29. The minimum absolute atomic E-state index is 0.187. The number of hydrogen-bond donors (Lipinski definition) is 0. The van der Waals surface area contributed by atoms with Gasteiger partial charge in [-0.25, -0.2) is 0 Å². The number of hydrogen-bond acceptors (Lipinski definition) is 1. The van der Waals surface area contributed by atoms with Crippen molar-refractivity contribution in [2.24, 2.45) is 5.92 Å². The number of rotatable bonds is 5. The average Bonchev–Trinajstić information content (AvgIpc) is 2.97. The predicted octanol–water partition coefficient (Wildman–Crippen LogP) is 4.26. The molecule has 2 heteroatoms. The molecule has 1 amide bonds. The van der Waals surface area contributed by atoms with E-state index in [-0.39, 0.29) is 5.92 Å². The van der Waals surface area contributed by atoms with Crippen LogP contribution >= 0.6 is 0 Å². The minimum Gasteiger partial charge on any atom is -0.338 e. The Bertz CT molecular complexity index is 712. The highest BCUT2D eigenvalue weighted by Gasteiger charge is 2.30. The van der Waals surface area contributed by atoms with E-state index in [0.29, 0.717) is 5.91 Å². The number of unbranched alkanes of at least 4 members (excludes halogenated alkanes) is 1. The Labute approximate surface area is 144 Å². The van der Waals surface area contributed by atoms with Crippen LogP contribution in [0.5, 0.6) is 0 Å². The van der Waals surface area contributed by atoms with Crippen molar-refractivity contribution in [1.82, 2.24) is 4.90 Å². The van der Waals surface area contributed by atoms with Crippen LogP contribution < -0.4 is 0 Å². The smallest absolute Gasteiger partial charge is 0.226 e. The van der Waals surface area contributed by atoms with Crippen LogP contribution in [0.4, 0.5) is 0 Å². The molecule has 0 radical (unpaired) electrons. The van der Waals surface area contributed by atoms with E-state index in [2.05, 4.69) is 24.0 Å². The third-order valence-electron chi connectivity index (χ3n) is 4.49. The molecule has 0 aromatic heterocycles. The summed E-state index contributed by atoms with van der Waals surface area (Å²) in [7, 11) is 0. The van der Waals surface area contributed by atoms with Crippen molar-refractivity contribution in [2.45, 2.75) is 32.2 Å². The van der Waals surface area contributed by atoms with Crippen molar-refractivity contribution in [2.75, 3.05) is 6.54 Å². The quantitative estimate of drug-likeness (QED) is 0.596. The third kappa shape index (κ3) is 4.49. The molecule has 1 aliphatic heterocycles. The Hall–Kier alpha value is -2.53. The molecule has 0 saturated carbocycles. The highest BCUT2D eigenvalue weighted by molar-refractivity contribution is 5.80. The van der Waals surface area contributed by atoms with Crippen molar-refractivity contribution >= 4 is 5.91 Å². The Balaban J connectivity index is 1.42. The molecule has 122 valence electrons. The van der Waals surface area contributed by atoms with Crippen LogP contribution in [-0.2, 0) is 11.3 Å². The van der Waals surface area contributed by atoms with E-state index in [1.165, 1.54) is 5.56 Å². The first-order valence-electron chi connectivity index (χ1n) is 8.69. The van der Waals surface area contributed by atoms with Gasteiger partial charge in [0.05, 0.1) is 0 Å². The third-order valence-corrected chi connectivity index (χ3v) is 4.49. The van der Waals surface area contributed by atoms with E-state index in [1.807, 2.05) is 53.4 Å². The fourth-order valence-electron chi connectivity index (χ4n) is 3.16. The molecule has 1 fully saturated rings. The maximum Gasteiger partial charge on any atom is 0.226 e. The maximum atomic E-state index is 12.5. The fourth-order valence-corrected chi connectivity index (χ4v) is 3.16. The van der Waals surface area contributed by atoms with Crippen molar-refractivity contribution < 1.29 is 4.79 Å². The molecule has 3 rings (SSSR count). The Morgan fingerprint density at radius 2 is 1.71 bits per heavy atom. The van der Waals surface area contributed by atoms with Crippen LogP contribution in [-0.4, -0.2) is 17.4 Å². The first kappa shape index (κ1) is 16.3. The SMILES string of the molecule is O=C1C(CCCC#Cc2ccccc2)CCN1Cc1ccccc1. The van der Waals surface area contributed by atoms with Gasteiger partial charge in [-0.1, -0.05) is 60.4 Å². The first-order valence-corrected chi connectivity index (χ1v) is 8.69. The largest absolute Gasteiger partial charge is 0.338 e. The van der Waals surface area contributed by atoms with Crippen LogP contribution in [0, 0.1) is 17.8 Å². The Morgan fingerprint density at radius 1 is 1.00 bits per heavy atom. The van der Waals surface area contributed by atoms with Gasteiger partial charge in [-0.3, -0.25) is 4.79 Å². The van der Waals surface area contributed by atoms with Gasteiger partial charge in [-0.15, -0.1) is 0 Å². The van der Waals surface area contributed by atoms with Crippen molar-refractivity contribution in [3.8, 4) is 11.8 Å². The van der Waals surface area contributed by atoms with Crippen LogP contribution in [0.2, 0.25) is 0 Å². The fraction of sp³-hybridized carbons (Fsp3) is 0.318. The van der Waals surface area contributed by atoms with E-state index >= 15 is 0 Å². The molecule has 2 aromatic carbocycles. The predicted molar refractivity (Wildman–Crippen MR) is 97.1 cm³/mol. The van der Waals surface area contributed by atoms with E-state index < -0.39 is 0 Å². The molecule has 0 bridgehead atoms. The van der Waals surface area contributed by atoms with Crippen LogP contribution in [0.25, 0.3) is 0 Å². The highest BCUT2D eigenvalue weighted by Crippen LogP contribution is 2.24. The summed E-state index contributed by atoms with van der Waals surface area (Å²) in [6.07, 6.45) is 3.79. The Kier molecular flexibility index (Phi) is 5.69. The van der Waals surface area contributed by atoms with Crippen molar-refractivity contribution in [1.29, 1.82) is 0 Å². The maximum absolute atomic E-state index is 12.5. The molecule has 1 unspecified atom stereocenters. The summed E-state index contributed by atoms with van der Waals surface area (Å²) in [5, 5.41) is 0. The average molecular weight is 317 g/mol. The summed E-state index contributed by atoms with van der Waals surface area (Å²) in [5.41, 5.74) is 2.27. The highest BCUT2D eigenvalue weighted by atomic mass is 16.2. The van der Waals surface area contributed by atoms with Gasteiger partial charge in [-0.05, 0) is 37.0 Å². The molecular formula is C22H23NO. The van der Waals surface area contributed by atoms with Gasteiger partial charge >= 0.3 is 0 Å². The summed E-state index contributed by atoms with van der Waals surface area (Å²) in [6, 6.07) is 20.3. The molecule has 1 heterocycles. The first-order chi connectivity index (χ1) is 11.8. The molecule has 1 aliphatic rings. The molecule has 0 aliphatic carbocycles. The second-order valence-electron chi connectivity index (χ2n) is 6.29. The molecule has 24 heavy (non-hydrogen) atoms. The zero-order valence-electron chi connectivity index (χ0n) is 13.9. The van der Waals surface area contributed by atoms with Crippen LogP contribution in [0.3, 0.4) is 0 Å². The summed E-state index contributed by atoms with van der Waals surface area (Å²) >= 11 is 0. The van der Waals surface area contributed by atoms with Crippen LogP contribution in [0.15, 0.2) is 60.7 Å². The zero-order chi connectivity index (χ0) is 16.6. The Morgan fingerprint density at radius 3 is 2.46 bits per heavy atom. The van der Waals surface area contributed by atoms with Gasteiger partial charge < -0.3 is 4.90 Å². The number of likely N-dealkylation sites (tertiary alicyclic amines) is 1. The number of amides is 1. The molecule has 0 N–H and O–H groups in total. The van der Waals surface area contributed by atoms with Crippen LogP contribution in [0.1, 0.15) is 36.8 Å². The van der Waals surface area contributed by atoms with E-state index in [0.717, 1.165) is 44.3 Å². The van der Waals surface area contributed by atoms with Gasteiger partial charge in [0.1, 0.15) is 0 Å². The summed E-state index contributed by atoms with van der Waals surface area (Å²) in [6.45, 7) is 1.62. The van der Waals surface area contributed by atoms with Gasteiger partial charge in [0.2, 0.25) is 5.91 Å². The lowest BCUT2D eigenvalue weighted by atomic mass is 10.0. The number of carbonyl (C=O) groups is 1. The van der Waals surface area contributed by atoms with Gasteiger partial charge in [0.15, 0.2) is 0 Å². The van der Waals surface area contributed by atoms with E-state index in [9.17, 15) is 4.79 Å². The van der Waals surface area contributed by atoms with E-state index in [1.54, 1.807) is 0 Å². The van der Waals surface area contributed by atoms with E-state index in [4.69, 9.17) is 0 Å². The van der Waals surface area contributed by atoms with Crippen molar-refractivity contribution in [3.05, 3.63) is 71.8 Å². The number of carbonyl (C=O) groups excluding carboxylic acids is 1. The molecule has 1 saturated heterocycles. The van der Waals surface area contributed by atoms with Gasteiger partial charge in [0, 0.05) is 31.0 Å². The normalized spacial score (nSPS) is 16.8. The lowest BCUT2D eigenvalue weighted by molar-refractivity contribution is -0.131. The molecule has 2 aromatic rings. The van der Waals surface area contributed by atoms with Gasteiger partial charge in [-0.2, -0.15) is 0 Å². The lowest BCUT2D eigenvalue weighted by Crippen LogP contribution is -2.26. The topological polar surface area (TPSA) is 20.3 Å². The standard InChI is InChI=1S/C22H23NO/c24-22-21(15-9-3-6-12-19-10-4-1-5-11-19)16-17-23(22)18-20-13-7-2-8-14-20/h1-2,4-5,7-8,10-11,13-14,21H,3,9,15-18H2. The summed E-state index contributed by atoms with van der Waals surface area (Å²) < 4.78 is 0. The molecule has 0 spiro atoms.